The van der Waals surface area contributed by atoms with E-state index in [1.54, 1.807) is 27.7 Å². The third-order valence-electron chi connectivity index (χ3n) is 5.52. The van der Waals surface area contributed by atoms with Crippen LogP contribution in [0.4, 0.5) is 0 Å². The molecule has 3 aliphatic heterocycles. The van der Waals surface area contributed by atoms with Gasteiger partial charge in [0.05, 0.1) is 6.61 Å². The zero-order valence-electron chi connectivity index (χ0n) is 20.4. The molecule has 0 bridgehead atoms. The SMILES string of the molecule is CC(=O)C(CCC#C[Si](C)(C)C)C(=O)O[C@H]1[C@@H]2OC(C)(C)O[C@@H]2CO[C@]12COC(C)(C)O2. The van der Waals surface area contributed by atoms with Gasteiger partial charge in [0.15, 0.2) is 17.7 Å². The predicted octanol–water partition coefficient (Wildman–Crippen LogP) is 2.79. The summed E-state index contributed by atoms with van der Waals surface area (Å²) in [5, 5.41) is 0. The van der Waals surface area contributed by atoms with Crippen molar-refractivity contribution < 1.29 is 38.0 Å². The summed E-state index contributed by atoms with van der Waals surface area (Å²) in [6, 6.07) is 0. The highest BCUT2D eigenvalue weighted by atomic mass is 28.3. The Balaban J connectivity index is 1.80. The molecular weight excluding hydrogens is 432 g/mol. The van der Waals surface area contributed by atoms with Gasteiger partial charge in [-0.25, -0.2) is 0 Å². The highest BCUT2D eigenvalue weighted by Crippen LogP contribution is 2.45. The molecule has 8 nitrogen and oxygen atoms in total. The van der Waals surface area contributed by atoms with Crippen molar-refractivity contribution >= 4 is 19.8 Å². The molecule has 0 aromatic heterocycles. The molecule has 3 rings (SSSR count). The Morgan fingerprint density at radius 3 is 2.34 bits per heavy atom. The van der Waals surface area contributed by atoms with Crippen LogP contribution in [0.3, 0.4) is 0 Å². The Labute approximate surface area is 191 Å². The van der Waals surface area contributed by atoms with Gasteiger partial charge in [0.1, 0.15) is 38.6 Å². The number of esters is 1. The van der Waals surface area contributed by atoms with Crippen molar-refractivity contribution in [3.8, 4) is 11.5 Å². The summed E-state index contributed by atoms with van der Waals surface area (Å²) in [6.45, 7) is 15.2. The van der Waals surface area contributed by atoms with Gasteiger partial charge in [-0.2, -0.15) is 0 Å². The summed E-state index contributed by atoms with van der Waals surface area (Å²) in [5.41, 5.74) is 3.26. The van der Waals surface area contributed by atoms with E-state index >= 15 is 0 Å². The normalized spacial score (nSPS) is 33.8. The molecule has 32 heavy (non-hydrogen) atoms. The second-order valence-corrected chi connectivity index (χ2v) is 15.4. The summed E-state index contributed by atoms with van der Waals surface area (Å²) in [4.78, 5) is 25.4. The number of fused-ring (bicyclic) bond motifs is 1. The minimum absolute atomic E-state index is 0.0668. The molecule has 3 aliphatic rings. The van der Waals surface area contributed by atoms with Crippen LogP contribution < -0.4 is 0 Å². The highest BCUT2D eigenvalue weighted by molar-refractivity contribution is 6.83. The number of hydrogen-bond acceptors (Lipinski definition) is 8. The fourth-order valence-electron chi connectivity index (χ4n) is 4.16. The maximum Gasteiger partial charge on any atom is 0.317 e. The number of carbonyl (C=O) groups is 2. The van der Waals surface area contributed by atoms with Crippen LogP contribution in [0.15, 0.2) is 0 Å². The molecule has 0 aromatic rings. The van der Waals surface area contributed by atoms with Crippen molar-refractivity contribution in [2.24, 2.45) is 5.92 Å². The van der Waals surface area contributed by atoms with Crippen molar-refractivity contribution in [3.63, 3.8) is 0 Å². The van der Waals surface area contributed by atoms with Crippen LogP contribution >= 0.6 is 0 Å². The van der Waals surface area contributed by atoms with Crippen LogP contribution in [0.25, 0.3) is 0 Å². The predicted molar refractivity (Wildman–Crippen MR) is 118 cm³/mol. The topological polar surface area (TPSA) is 89.5 Å². The monoisotopic (exact) mass is 468 g/mol. The molecule has 0 saturated carbocycles. The maximum atomic E-state index is 13.2. The van der Waals surface area contributed by atoms with E-state index in [0.717, 1.165) is 0 Å². The first-order valence-electron chi connectivity index (χ1n) is 11.2. The molecule has 3 heterocycles. The molecule has 9 heteroatoms. The van der Waals surface area contributed by atoms with Crippen LogP contribution in [-0.2, 0) is 38.0 Å². The van der Waals surface area contributed by atoms with Crippen molar-refractivity contribution in [1.82, 2.24) is 0 Å². The summed E-state index contributed by atoms with van der Waals surface area (Å²) in [5.74, 6) is -1.82. The van der Waals surface area contributed by atoms with Gasteiger partial charge >= 0.3 is 5.97 Å². The van der Waals surface area contributed by atoms with Gasteiger partial charge < -0.3 is 28.4 Å². The summed E-state index contributed by atoms with van der Waals surface area (Å²) >= 11 is 0. The lowest BCUT2D eigenvalue weighted by Crippen LogP contribution is -2.63. The number of carbonyl (C=O) groups excluding carboxylic acids is 2. The van der Waals surface area contributed by atoms with Crippen molar-refractivity contribution in [2.75, 3.05) is 13.2 Å². The fraction of sp³-hybridized carbons (Fsp3) is 0.826. The lowest BCUT2D eigenvalue weighted by molar-refractivity contribution is -0.329. The number of rotatable bonds is 5. The molecule has 0 N–H and O–H groups in total. The van der Waals surface area contributed by atoms with Gasteiger partial charge in [-0.3, -0.25) is 9.59 Å². The van der Waals surface area contributed by atoms with E-state index in [0.29, 0.717) is 12.8 Å². The smallest absolute Gasteiger partial charge is 0.317 e. The van der Waals surface area contributed by atoms with Gasteiger partial charge in [0.2, 0.25) is 5.79 Å². The quantitative estimate of drug-likeness (QED) is 0.263. The molecule has 1 unspecified atom stereocenters. The maximum absolute atomic E-state index is 13.2. The number of ketones is 1. The standard InChI is InChI=1S/C23H36O8Si/c1-15(24)16(11-9-10-12-32(6,7)8)20(25)28-19-18-17(29-22(4,5)30-18)13-26-23(19)14-27-21(2,3)31-23/h16-19H,9,11,13-14H2,1-8H3/t16?,17-,18-,19+,23+/m1/s1. The van der Waals surface area contributed by atoms with E-state index in [9.17, 15) is 9.59 Å². The molecule has 3 fully saturated rings. The second kappa shape index (κ2) is 8.82. The van der Waals surface area contributed by atoms with Crippen LogP contribution in [0.1, 0.15) is 47.5 Å². The molecule has 1 spiro atoms. The molecule has 0 radical (unpaired) electrons. The molecular formula is C23H36O8Si. The lowest BCUT2D eigenvalue weighted by atomic mass is 9.95. The van der Waals surface area contributed by atoms with E-state index in [4.69, 9.17) is 28.4 Å². The first-order valence-corrected chi connectivity index (χ1v) is 14.7. The Kier molecular flexibility index (Phi) is 6.98. The van der Waals surface area contributed by atoms with Gasteiger partial charge in [-0.15, -0.1) is 11.5 Å². The Hall–Kier alpha value is -1.28. The summed E-state index contributed by atoms with van der Waals surface area (Å²) in [7, 11) is -1.52. The first kappa shape index (κ1) is 25.3. The average molecular weight is 469 g/mol. The summed E-state index contributed by atoms with van der Waals surface area (Å²) in [6.07, 6.45) is -1.25. The molecule has 0 aliphatic carbocycles. The lowest BCUT2D eigenvalue weighted by Gasteiger charge is -2.43. The van der Waals surface area contributed by atoms with Crippen molar-refractivity contribution in [3.05, 3.63) is 0 Å². The number of Topliss-reactive ketones (excluding diaryl/α,β-unsaturated/α-hetero) is 1. The largest absolute Gasteiger partial charge is 0.453 e. The van der Waals surface area contributed by atoms with Crippen molar-refractivity contribution in [2.45, 2.75) is 103 Å². The fourth-order valence-corrected chi connectivity index (χ4v) is 4.82. The number of ether oxygens (including phenoxy) is 6. The Morgan fingerprint density at radius 1 is 1.09 bits per heavy atom. The highest BCUT2D eigenvalue weighted by Gasteiger charge is 2.64. The molecule has 3 saturated heterocycles. The first-order chi connectivity index (χ1) is 14.6. The molecule has 180 valence electrons. The van der Waals surface area contributed by atoms with Crippen LogP contribution in [0.2, 0.25) is 19.6 Å². The Bertz CT molecular complexity index is 803. The van der Waals surface area contributed by atoms with Crippen LogP contribution in [-0.4, -0.2) is 68.7 Å². The van der Waals surface area contributed by atoms with E-state index in [-0.39, 0.29) is 19.0 Å². The zero-order valence-corrected chi connectivity index (χ0v) is 21.4. The second-order valence-electron chi connectivity index (χ2n) is 10.7. The van der Waals surface area contributed by atoms with Crippen LogP contribution in [0.5, 0.6) is 0 Å². The van der Waals surface area contributed by atoms with Gasteiger partial charge in [-0.05, 0) is 41.0 Å². The number of hydrogen-bond donors (Lipinski definition) is 0. The zero-order chi connectivity index (χ0) is 23.9. The van der Waals surface area contributed by atoms with E-state index in [1.165, 1.54) is 6.92 Å². The van der Waals surface area contributed by atoms with E-state index < -0.39 is 55.6 Å². The third-order valence-corrected chi connectivity index (χ3v) is 6.45. The summed E-state index contributed by atoms with van der Waals surface area (Å²) < 4.78 is 35.8. The van der Waals surface area contributed by atoms with E-state index in [1.807, 2.05) is 0 Å². The van der Waals surface area contributed by atoms with Crippen LogP contribution in [0, 0.1) is 17.4 Å². The Morgan fingerprint density at radius 2 is 1.78 bits per heavy atom. The van der Waals surface area contributed by atoms with E-state index in [2.05, 4.69) is 31.1 Å². The molecule has 0 amide bonds. The third kappa shape index (κ3) is 5.79. The van der Waals surface area contributed by atoms with Gasteiger partial charge in [0.25, 0.3) is 0 Å². The molecule has 0 aromatic carbocycles. The average Bonchev–Trinajstić information content (AvgIpc) is 3.11. The minimum Gasteiger partial charge on any atom is -0.453 e. The van der Waals surface area contributed by atoms with Crippen molar-refractivity contribution in [1.29, 1.82) is 0 Å². The minimum atomic E-state index is -1.52. The van der Waals surface area contributed by atoms with Gasteiger partial charge in [-0.1, -0.05) is 19.6 Å². The van der Waals surface area contributed by atoms with Gasteiger partial charge in [0, 0.05) is 6.42 Å². The molecule has 5 atom stereocenters.